The SMILES string of the molecule is C/C=C(\C=C/C(C)C)OC(F)(F)F. The van der Waals surface area contributed by atoms with E-state index >= 15 is 0 Å². The van der Waals surface area contributed by atoms with Crippen LogP contribution < -0.4 is 0 Å². The summed E-state index contributed by atoms with van der Waals surface area (Å²) in [6.07, 6.45) is -0.380. The summed E-state index contributed by atoms with van der Waals surface area (Å²) in [6.45, 7) is 5.24. The van der Waals surface area contributed by atoms with Crippen molar-refractivity contribution < 1.29 is 17.9 Å². The van der Waals surface area contributed by atoms with Crippen LogP contribution >= 0.6 is 0 Å². The van der Waals surface area contributed by atoms with Gasteiger partial charge in [-0.2, -0.15) is 0 Å². The van der Waals surface area contributed by atoms with Gasteiger partial charge < -0.3 is 4.74 Å². The predicted octanol–water partition coefficient (Wildman–Crippen LogP) is 3.64. The van der Waals surface area contributed by atoms with Crippen LogP contribution in [-0.4, -0.2) is 6.36 Å². The Kier molecular flexibility index (Phi) is 4.59. The smallest absolute Gasteiger partial charge is 0.406 e. The zero-order valence-electron chi connectivity index (χ0n) is 7.85. The van der Waals surface area contributed by atoms with E-state index in [-0.39, 0.29) is 11.7 Å². The van der Waals surface area contributed by atoms with Gasteiger partial charge in [-0.3, -0.25) is 0 Å². The van der Waals surface area contributed by atoms with Gasteiger partial charge in [0.05, 0.1) is 0 Å². The molecule has 0 saturated heterocycles. The van der Waals surface area contributed by atoms with Gasteiger partial charge in [-0.1, -0.05) is 19.9 Å². The van der Waals surface area contributed by atoms with Crippen LogP contribution in [0.1, 0.15) is 20.8 Å². The van der Waals surface area contributed by atoms with Gasteiger partial charge in [0.2, 0.25) is 0 Å². The highest BCUT2D eigenvalue weighted by molar-refractivity contribution is 5.11. The number of rotatable bonds is 3. The molecule has 0 aromatic rings. The van der Waals surface area contributed by atoms with Crippen molar-refractivity contribution in [3.63, 3.8) is 0 Å². The molecule has 0 N–H and O–H groups in total. The molecule has 0 bridgehead atoms. The molecule has 0 saturated carbocycles. The van der Waals surface area contributed by atoms with Gasteiger partial charge in [0.25, 0.3) is 0 Å². The Hall–Kier alpha value is -0.930. The Morgan fingerprint density at radius 3 is 2.15 bits per heavy atom. The van der Waals surface area contributed by atoms with Crippen LogP contribution in [-0.2, 0) is 4.74 Å². The molecule has 0 radical (unpaired) electrons. The average Bonchev–Trinajstić information content (AvgIpc) is 1.95. The van der Waals surface area contributed by atoms with Crippen molar-refractivity contribution in [1.82, 2.24) is 0 Å². The monoisotopic (exact) mass is 194 g/mol. The van der Waals surface area contributed by atoms with Crippen LogP contribution in [0, 0.1) is 5.92 Å². The summed E-state index contributed by atoms with van der Waals surface area (Å²) < 4.78 is 38.9. The van der Waals surface area contributed by atoms with Crippen LogP contribution in [0.4, 0.5) is 13.2 Å². The van der Waals surface area contributed by atoms with E-state index in [4.69, 9.17) is 0 Å². The summed E-state index contributed by atoms with van der Waals surface area (Å²) in [6, 6.07) is 0. The molecule has 0 fully saturated rings. The lowest BCUT2D eigenvalue weighted by atomic mass is 10.2. The average molecular weight is 194 g/mol. The van der Waals surface area contributed by atoms with Gasteiger partial charge in [-0.25, -0.2) is 0 Å². The zero-order valence-corrected chi connectivity index (χ0v) is 7.85. The third kappa shape index (κ3) is 7.43. The Bertz CT molecular complexity index is 201. The fourth-order valence-electron chi connectivity index (χ4n) is 0.610. The Balaban J connectivity index is 4.23. The summed E-state index contributed by atoms with van der Waals surface area (Å²) in [4.78, 5) is 0. The second kappa shape index (κ2) is 4.94. The fourth-order valence-corrected chi connectivity index (χ4v) is 0.610. The maximum absolute atomic E-state index is 11.7. The van der Waals surface area contributed by atoms with E-state index in [1.54, 1.807) is 6.08 Å². The summed E-state index contributed by atoms with van der Waals surface area (Å²) in [5.41, 5.74) is 0. The summed E-state index contributed by atoms with van der Waals surface area (Å²) >= 11 is 0. The van der Waals surface area contributed by atoms with Crippen molar-refractivity contribution in [2.24, 2.45) is 5.92 Å². The topological polar surface area (TPSA) is 9.23 Å². The lowest BCUT2D eigenvalue weighted by Gasteiger charge is -2.09. The fraction of sp³-hybridized carbons (Fsp3) is 0.556. The lowest BCUT2D eigenvalue weighted by Crippen LogP contribution is -2.12. The first-order chi connectivity index (χ1) is 5.85. The van der Waals surface area contributed by atoms with E-state index in [0.29, 0.717) is 0 Å². The highest BCUT2D eigenvalue weighted by atomic mass is 19.4. The number of ether oxygens (including phenoxy) is 1. The van der Waals surface area contributed by atoms with Crippen LogP contribution in [0.25, 0.3) is 0 Å². The molecule has 0 unspecified atom stereocenters. The number of alkyl halides is 3. The molecule has 0 amide bonds. The highest BCUT2D eigenvalue weighted by Crippen LogP contribution is 2.21. The maximum Gasteiger partial charge on any atom is 0.573 e. The van der Waals surface area contributed by atoms with Crippen LogP contribution in [0.15, 0.2) is 24.0 Å². The van der Waals surface area contributed by atoms with E-state index < -0.39 is 6.36 Å². The molecule has 13 heavy (non-hydrogen) atoms. The third-order valence-corrected chi connectivity index (χ3v) is 1.16. The van der Waals surface area contributed by atoms with E-state index in [0.717, 1.165) is 0 Å². The normalized spacial score (nSPS) is 14.2. The van der Waals surface area contributed by atoms with E-state index in [1.807, 2.05) is 13.8 Å². The summed E-state index contributed by atoms with van der Waals surface area (Å²) in [5.74, 6) is 0.0213. The van der Waals surface area contributed by atoms with Crippen LogP contribution in [0.3, 0.4) is 0 Å². The molecule has 0 aliphatic rings. The number of hydrogen-bond acceptors (Lipinski definition) is 1. The van der Waals surface area contributed by atoms with Crippen LogP contribution in [0.5, 0.6) is 0 Å². The second-order valence-corrected chi connectivity index (χ2v) is 2.84. The van der Waals surface area contributed by atoms with Crippen molar-refractivity contribution in [3.8, 4) is 0 Å². The number of allylic oxidation sites excluding steroid dienone is 3. The van der Waals surface area contributed by atoms with Gasteiger partial charge in [-0.05, 0) is 25.0 Å². The molecule has 0 atom stereocenters. The molecule has 76 valence electrons. The lowest BCUT2D eigenvalue weighted by molar-refractivity contribution is -0.303. The maximum atomic E-state index is 11.7. The molecule has 0 heterocycles. The highest BCUT2D eigenvalue weighted by Gasteiger charge is 2.31. The minimum absolute atomic E-state index is 0.179. The summed E-state index contributed by atoms with van der Waals surface area (Å²) in [7, 11) is 0. The van der Waals surface area contributed by atoms with Crippen molar-refractivity contribution in [2.45, 2.75) is 27.1 Å². The summed E-state index contributed by atoms with van der Waals surface area (Å²) in [5, 5.41) is 0. The van der Waals surface area contributed by atoms with Crippen molar-refractivity contribution in [2.75, 3.05) is 0 Å². The Labute approximate surface area is 75.9 Å². The zero-order chi connectivity index (χ0) is 10.5. The molecule has 0 rings (SSSR count). The van der Waals surface area contributed by atoms with Gasteiger partial charge >= 0.3 is 6.36 Å². The Morgan fingerprint density at radius 2 is 1.85 bits per heavy atom. The molecule has 4 heteroatoms. The molecule has 0 aliphatic carbocycles. The molecular weight excluding hydrogens is 181 g/mol. The molecule has 0 aromatic carbocycles. The molecule has 0 aliphatic heterocycles. The van der Waals surface area contributed by atoms with Gasteiger partial charge in [-0.15, -0.1) is 13.2 Å². The number of halogens is 3. The molecule has 1 nitrogen and oxygen atoms in total. The van der Waals surface area contributed by atoms with Crippen molar-refractivity contribution >= 4 is 0 Å². The van der Waals surface area contributed by atoms with Gasteiger partial charge in [0.15, 0.2) is 0 Å². The van der Waals surface area contributed by atoms with Gasteiger partial charge in [0.1, 0.15) is 5.76 Å². The number of hydrogen-bond donors (Lipinski definition) is 0. The standard InChI is InChI=1S/C9H13F3O/c1-4-8(6-5-7(2)3)13-9(10,11)12/h4-7H,1-3H3/b6-5-,8-4+. The van der Waals surface area contributed by atoms with Crippen molar-refractivity contribution in [3.05, 3.63) is 24.0 Å². The van der Waals surface area contributed by atoms with Crippen LogP contribution in [0.2, 0.25) is 0 Å². The van der Waals surface area contributed by atoms with Crippen molar-refractivity contribution in [1.29, 1.82) is 0 Å². The first-order valence-electron chi connectivity index (χ1n) is 3.95. The predicted molar refractivity (Wildman–Crippen MR) is 44.9 cm³/mol. The quantitative estimate of drug-likeness (QED) is 0.492. The Morgan fingerprint density at radius 1 is 1.31 bits per heavy atom. The minimum Gasteiger partial charge on any atom is -0.406 e. The van der Waals surface area contributed by atoms with E-state index in [9.17, 15) is 13.2 Å². The first-order valence-corrected chi connectivity index (χ1v) is 3.95. The minimum atomic E-state index is -4.61. The largest absolute Gasteiger partial charge is 0.573 e. The molecule has 0 spiro atoms. The third-order valence-electron chi connectivity index (χ3n) is 1.16. The second-order valence-electron chi connectivity index (χ2n) is 2.84. The first kappa shape index (κ1) is 12.1. The molecular formula is C9H13F3O. The molecule has 0 aromatic heterocycles. The van der Waals surface area contributed by atoms with E-state index in [1.165, 1.54) is 19.1 Å². The van der Waals surface area contributed by atoms with E-state index in [2.05, 4.69) is 4.74 Å². The van der Waals surface area contributed by atoms with Gasteiger partial charge in [0, 0.05) is 0 Å².